The van der Waals surface area contributed by atoms with Crippen LogP contribution in [0.5, 0.6) is 0 Å². The number of rotatable bonds is 7. The number of aromatic amines is 1. The van der Waals surface area contributed by atoms with Gasteiger partial charge in [-0.05, 0) is 43.5 Å². The number of hydrogen-bond acceptors (Lipinski definition) is 4. The van der Waals surface area contributed by atoms with Crippen molar-refractivity contribution in [2.75, 3.05) is 5.32 Å². The maximum atomic E-state index is 14.6. The van der Waals surface area contributed by atoms with Crippen molar-refractivity contribution in [3.8, 4) is 0 Å². The third-order valence-corrected chi connectivity index (χ3v) is 6.37. The van der Waals surface area contributed by atoms with Crippen LogP contribution < -0.4 is 10.6 Å². The van der Waals surface area contributed by atoms with Gasteiger partial charge >= 0.3 is 0 Å². The minimum Gasteiger partial charge on any atom is -0.378 e. The molecule has 0 aliphatic heterocycles. The predicted molar refractivity (Wildman–Crippen MR) is 122 cm³/mol. The maximum absolute atomic E-state index is 14.6. The molecule has 2 atom stereocenters. The molecular formula is C25H25F3N4O3. The second kappa shape index (κ2) is 9.91. The molecule has 1 fully saturated rings. The highest BCUT2D eigenvalue weighted by atomic mass is 19.1. The van der Waals surface area contributed by atoms with Crippen molar-refractivity contribution in [2.24, 2.45) is 0 Å². The van der Waals surface area contributed by atoms with E-state index in [2.05, 4.69) is 20.8 Å². The van der Waals surface area contributed by atoms with Gasteiger partial charge in [0.25, 0.3) is 5.91 Å². The summed E-state index contributed by atoms with van der Waals surface area (Å²) in [4.78, 5) is 24.9. The van der Waals surface area contributed by atoms with Gasteiger partial charge in [-0.3, -0.25) is 14.7 Å². The Bertz CT molecular complexity index is 1220. The van der Waals surface area contributed by atoms with Crippen LogP contribution >= 0.6 is 0 Å². The van der Waals surface area contributed by atoms with E-state index in [1.165, 1.54) is 13.0 Å². The summed E-state index contributed by atoms with van der Waals surface area (Å²) in [7, 11) is 0. The minimum atomic E-state index is -1.86. The molecule has 4 rings (SSSR count). The molecule has 7 nitrogen and oxygen atoms in total. The standard InChI is InChI=1S/C25H25F3N4O3/c1-14(29-24(35)22(33)15-10-16(26)12-17(27)11-15)23(34)30-21-13-20(31-32-21)25(8-4-5-9-25)18-6-2-3-7-19(18)28/h2-3,6-7,10-14,22,33H,4-5,8-9H2,1H3,(H,29,35)(H2,30,31,32,34). The average Bonchev–Trinajstić information content (AvgIpc) is 3.48. The van der Waals surface area contributed by atoms with Crippen LogP contribution in [0, 0.1) is 17.5 Å². The van der Waals surface area contributed by atoms with Crippen LogP contribution in [0.15, 0.2) is 48.5 Å². The number of nitrogens with zero attached hydrogens (tertiary/aromatic N) is 1. The molecule has 1 saturated carbocycles. The lowest BCUT2D eigenvalue weighted by Crippen LogP contribution is -2.43. The first-order valence-corrected chi connectivity index (χ1v) is 11.3. The topological polar surface area (TPSA) is 107 Å². The molecule has 184 valence electrons. The largest absolute Gasteiger partial charge is 0.378 e. The van der Waals surface area contributed by atoms with Crippen LogP contribution in [0.25, 0.3) is 0 Å². The Labute approximate surface area is 199 Å². The maximum Gasteiger partial charge on any atom is 0.254 e. The Morgan fingerprint density at radius 2 is 1.69 bits per heavy atom. The molecular weight excluding hydrogens is 461 g/mol. The third-order valence-electron chi connectivity index (χ3n) is 6.37. The summed E-state index contributed by atoms with van der Waals surface area (Å²) in [6, 6.07) is 9.42. The number of aromatic nitrogens is 2. The monoisotopic (exact) mass is 486 g/mol. The highest BCUT2D eigenvalue weighted by molar-refractivity contribution is 5.97. The fourth-order valence-electron chi connectivity index (χ4n) is 4.61. The normalized spacial score (nSPS) is 16.5. The van der Waals surface area contributed by atoms with Gasteiger partial charge in [0.15, 0.2) is 6.10 Å². The first-order chi connectivity index (χ1) is 16.7. The van der Waals surface area contributed by atoms with Gasteiger partial charge in [0.1, 0.15) is 29.3 Å². The number of nitrogens with one attached hydrogen (secondary N) is 3. The lowest BCUT2D eigenvalue weighted by molar-refractivity contribution is -0.132. The number of halogens is 3. The van der Waals surface area contributed by atoms with Gasteiger partial charge in [-0.15, -0.1) is 0 Å². The zero-order valence-electron chi connectivity index (χ0n) is 18.9. The van der Waals surface area contributed by atoms with Gasteiger partial charge in [-0.1, -0.05) is 31.0 Å². The highest BCUT2D eigenvalue weighted by Gasteiger charge is 2.41. The van der Waals surface area contributed by atoms with Crippen LogP contribution in [-0.4, -0.2) is 33.2 Å². The Balaban J connectivity index is 1.44. The van der Waals surface area contributed by atoms with Crippen molar-refractivity contribution in [1.29, 1.82) is 0 Å². The van der Waals surface area contributed by atoms with Crippen molar-refractivity contribution in [3.05, 3.63) is 82.8 Å². The molecule has 2 aromatic carbocycles. The molecule has 0 bridgehead atoms. The van der Waals surface area contributed by atoms with Crippen LogP contribution in [0.4, 0.5) is 19.0 Å². The van der Waals surface area contributed by atoms with Gasteiger partial charge in [0.05, 0.1) is 5.69 Å². The van der Waals surface area contributed by atoms with E-state index in [1.807, 2.05) is 0 Å². The van der Waals surface area contributed by atoms with Crippen molar-refractivity contribution < 1.29 is 27.9 Å². The molecule has 35 heavy (non-hydrogen) atoms. The van der Waals surface area contributed by atoms with E-state index in [1.54, 1.807) is 24.3 Å². The first kappa shape index (κ1) is 24.5. The number of anilines is 1. The second-order valence-corrected chi connectivity index (χ2v) is 8.76. The van der Waals surface area contributed by atoms with Gasteiger partial charge < -0.3 is 15.7 Å². The number of aliphatic hydroxyl groups is 1. The summed E-state index contributed by atoms with van der Waals surface area (Å²) < 4.78 is 41.4. The summed E-state index contributed by atoms with van der Waals surface area (Å²) >= 11 is 0. The minimum absolute atomic E-state index is 0.265. The zero-order valence-corrected chi connectivity index (χ0v) is 18.9. The molecule has 1 aromatic heterocycles. The Kier molecular flexibility index (Phi) is 6.93. The fourth-order valence-corrected chi connectivity index (χ4v) is 4.61. The van der Waals surface area contributed by atoms with E-state index in [0.717, 1.165) is 37.8 Å². The van der Waals surface area contributed by atoms with Gasteiger partial charge in [-0.25, -0.2) is 13.2 Å². The summed E-state index contributed by atoms with van der Waals surface area (Å²) in [5.41, 5.74) is 0.288. The number of aliphatic hydroxyl groups excluding tert-OH is 1. The molecule has 1 aliphatic carbocycles. The third kappa shape index (κ3) is 5.07. The molecule has 1 heterocycles. The Hall–Kier alpha value is -3.66. The number of H-pyrrole nitrogens is 1. The van der Waals surface area contributed by atoms with Crippen LogP contribution in [0.2, 0.25) is 0 Å². The molecule has 3 aromatic rings. The molecule has 1 aliphatic rings. The Morgan fingerprint density at radius 3 is 2.34 bits per heavy atom. The fraction of sp³-hybridized carbons (Fsp3) is 0.320. The molecule has 0 spiro atoms. The summed E-state index contributed by atoms with van der Waals surface area (Å²) in [5.74, 6) is -3.53. The van der Waals surface area contributed by atoms with Gasteiger partial charge in [0.2, 0.25) is 5.91 Å². The van der Waals surface area contributed by atoms with E-state index in [4.69, 9.17) is 0 Å². The van der Waals surface area contributed by atoms with E-state index < -0.39 is 41.0 Å². The van der Waals surface area contributed by atoms with Crippen LogP contribution in [-0.2, 0) is 15.0 Å². The van der Waals surface area contributed by atoms with Crippen molar-refractivity contribution >= 4 is 17.6 Å². The van der Waals surface area contributed by atoms with E-state index in [0.29, 0.717) is 17.3 Å². The zero-order chi connectivity index (χ0) is 25.2. The van der Waals surface area contributed by atoms with Crippen molar-refractivity contribution in [1.82, 2.24) is 15.5 Å². The number of amides is 2. The molecule has 10 heteroatoms. The van der Waals surface area contributed by atoms with Crippen LogP contribution in [0.3, 0.4) is 0 Å². The van der Waals surface area contributed by atoms with Gasteiger partial charge in [-0.2, -0.15) is 5.10 Å². The number of carbonyl (C=O) groups is 2. The first-order valence-electron chi connectivity index (χ1n) is 11.3. The SMILES string of the molecule is CC(NC(=O)C(O)c1cc(F)cc(F)c1)C(=O)Nc1cc(C2(c3ccccc3F)CCCC2)n[nH]1. The van der Waals surface area contributed by atoms with Crippen LogP contribution in [0.1, 0.15) is 55.5 Å². The molecule has 0 radical (unpaired) electrons. The lowest BCUT2D eigenvalue weighted by atomic mass is 9.76. The molecule has 0 saturated heterocycles. The summed E-state index contributed by atoms with van der Waals surface area (Å²) in [5, 5.41) is 22.1. The number of hydrogen-bond donors (Lipinski definition) is 4. The molecule has 2 unspecified atom stereocenters. The quantitative estimate of drug-likeness (QED) is 0.407. The van der Waals surface area contributed by atoms with E-state index >= 15 is 0 Å². The van der Waals surface area contributed by atoms with E-state index in [9.17, 15) is 27.9 Å². The van der Waals surface area contributed by atoms with Gasteiger partial charge in [0, 0.05) is 23.1 Å². The second-order valence-electron chi connectivity index (χ2n) is 8.76. The van der Waals surface area contributed by atoms with E-state index in [-0.39, 0.29) is 17.2 Å². The number of benzene rings is 2. The lowest BCUT2D eigenvalue weighted by Gasteiger charge is -2.28. The molecule has 4 N–H and O–H groups in total. The van der Waals surface area contributed by atoms with Crippen molar-refractivity contribution in [3.63, 3.8) is 0 Å². The molecule has 2 amide bonds. The highest BCUT2D eigenvalue weighted by Crippen LogP contribution is 2.46. The average molecular weight is 486 g/mol. The Morgan fingerprint density at radius 1 is 1.03 bits per heavy atom. The smallest absolute Gasteiger partial charge is 0.254 e. The predicted octanol–water partition coefficient (Wildman–Crippen LogP) is 3.86. The van der Waals surface area contributed by atoms with Crippen molar-refractivity contribution in [2.45, 2.75) is 50.2 Å². The number of carbonyl (C=O) groups excluding carboxylic acids is 2. The summed E-state index contributed by atoms with van der Waals surface area (Å²) in [6.45, 7) is 1.39. The summed E-state index contributed by atoms with van der Waals surface area (Å²) in [6.07, 6.45) is 1.42.